The molecule has 0 unspecified atom stereocenters. The number of nitriles is 1. The molecule has 0 saturated heterocycles. The largest absolute Gasteiger partial charge is 0.286 e. The van der Waals surface area contributed by atoms with Crippen molar-refractivity contribution in [1.82, 2.24) is 0 Å². The Hall–Kier alpha value is -1.95. The van der Waals surface area contributed by atoms with Gasteiger partial charge in [-0.1, -0.05) is 29.8 Å². The van der Waals surface area contributed by atoms with E-state index in [1.165, 1.54) is 0 Å². The van der Waals surface area contributed by atoms with Crippen molar-refractivity contribution in [2.45, 2.75) is 33.2 Å². The van der Waals surface area contributed by atoms with Crippen LogP contribution in [0, 0.1) is 18.3 Å². The fourth-order valence-electron chi connectivity index (χ4n) is 1.30. The Kier molecular flexibility index (Phi) is 3.80. The van der Waals surface area contributed by atoms with Crippen LogP contribution in [-0.4, -0.2) is 17.0 Å². The van der Waals surface area contributed by atoms with Crippen LogP contribution in [0.1, 0.15) is 36.7 Å². The molecule has 17 heavy (non-hydrogen) atoms. The molecule has 3 heteroatoms. The van der Waals surface area contributed by atoms with E-state index in [0.29, 0.717) is 5.56 Å². The van der Waals surface area contributed by atoms with Crippen molar-refractivity contribution in [1.29, 1.82) is 5.26 Å². The van der Waals surface area contributed by atoms with E-state index >= 15 is 0 Å². The van der Waals surface area contributed by atoms with Crippen LogP contribution in [0.15, 0.2) is 29.3 Å². The normalized spacial score (nSPS) is 12.1. The zero-order valence-corrected chi connectivity index (χ0v) is 10.6. The third-order valence-electron chi connectivity index (χ3n) is 2.08. The van der Waals surface area contributed by atoms with Gasteiger partial charge in [-0.15, -0.1) is 0 Å². The van der Waals surface area contributed by atoms with Crippen LogP contribution in [0.25, 0.3) is 0 Å². The maximum atomic E-state index is 12.0. The van der Waals surface area contributed by atoms with Crippen LogP contribution in [0.2, 0.25) is 0 Å². The number of carbonyl (C=O) groups excluding carboxylic acids is 1. The average Bonchev–Trinajstić information content (AvgIpc) is 2.25. The van der Waals surface area contributed by atoms with Gasteiger partial charge in [0.1, 0.15) is 6.07 Å². The van der Waals surface area contributed by atoms with Crippen molar-refractivity contribution >= 4 is 11.5 Å². The molecule has 0 aliphatic carbocycles. The summed E-state index contributed by atoms with van der Waals surface area (Å²) in [5.41, 5.74) is 1.11. The number of ketones is 1. The van der Waals surface area contributed by atoms with Crippen LogP contribution in [-0.2, 0) is 0 Å². The van der Waals surface area contributed by atoms with E-state index in [-0.39, 0.29) is 11.5 Å². The molecule has 0 atom stereocenters. The molecule has 0 aliphatic heterocycles. The highest BCUT2D eigenvalue weighted by Gasteiger charge is 2.17. The first kappa shape index (κ1) is 13.1. The molecule has 0 aromatic heterocycles. The molecule has 0 radical (unpaired) electrons. The van der Waals surface area contributed by atoms with Gasteiger partial charge < -0.3 is 0 Å². The molecule has 0 aliphatic rings. The molecule has 1 rings (SSSR count). The lowest BCUT2D eigenvalue weighted by Crippen LogP contribution is -2.19. The Bertz CT molecular complexity index is 484. The van der Waals surface area contributed by atoms with Gasteiger partial charge in [0.2, 0.25) is 5.78 Å². The summed E-state index contributed by atoms with van der Waals surface area (Å²) in [7, 11) is 0. The number of nitrogens with zero attached hydrogens (tertiary/aromatic N) is 2. The minimum Gasteiger partial charge on any atom is -0.286 e. The molecule has 0 spiro atoms. The van der Waals surface area contributed by atoms with Crippen molar-refractivity contribution in [3.05, 3.63) is 35.4 Å². The van der Waals surface area contributed by atoms with E-state index in [1.807, 2.05) is 45.9 Å². The molecular weight excluding hydrogens is 212 g/mol. The topological polar surface area (TPSA) is 53.2 Å². The monoisotopic (exact) mass is 228 g/mol. The Morgan fingerprint density at radius 3 is 2.18 bits per heavy atom. The lowest BCUT2D eigenvalue weighted by atomic mass is 10.0. The smallest absolute Gasteiger partial charge is 0.221 e. The van der Waals surface area contributed by atoms with E-state index in [1.54, 1.807) is 12.1 Å². The maximum Gasteiger partial charge on any atom is 0.221 e. The van der Waals surface area contributed by atoms with Crippen molar-refractivity contribution in [2.75, 3.05) is 0 Å². The third kappa shape index (κ3) is 3.84. The van der Waals surface area contributed by atoms with E-state index in [4.69, 9.17) is 5.26 Å². The Morgan fingerprint density at radius 2 is 1.76 bits per heavy atom. The summed E-state index contributed by atoms with van der Waals surface area (Å²) in [4.78, 5) is 16.1. The highest BCUT2D eigenvalue weighted by Crippen LogP contribution is 2.10. The van der Waals surface area contributed by atoms with Crippen molar-refractivity contribution < 1.29 is 4.79 Å². The second-order valence-electron chi connectivity index (χ2n) is 4.94. The zero-order chi connectivity index (χ0) is 13.1. The lowest BCUT2D eigenvalue weighted by Gasteiger charge is -2.12. The van der Waals surface area contributed by atoms with E-state index in [9.17, 15) is 4.79 Å². The van der Waals surface area contributed by atoms with Gasteiger partial charge in [-0.05, 0) is 27.7 Å². The van der Waals surface area contributed by atoms with Crippen LogP contribution >= 0.6 is 0 Å². The highest BCUT2D eigenvalue weighted by atomic mass is 16.1. The number of benzene rings is 1. The SMILES string of the molecule is Cc1ccc(C(=O)C(C#N)=NC(C)(C)C)cc1. The summed E-state index contributed by atoms with van der Waals surface area (Å²) < 4.78 is 0. The van der Waals surface area contributed by atoms with Gasteiger partial charge in [-0.2, -0.15) is 5.26 Å². The number of hydrogen-bond donors (Lipinski definition) is 0. The highest BCUT2D eigenvalue weighted by molar-refractivity contribution is 6.51. The summed E-state index contributed by atoms with van der Waals surface area (Å²) in [5, 5.41) is 8.97. The third-order valence-corrected chi connectivity index (χ3v) is 2.08. The maximum absolute atomic E-state index is 12.0. The molecule has 0 heterocycles. The summed E-state index contributed by atoms with van der Waals surface area (Å²) in [6, 6.07) is 9.00. The van der Waals surface area contributed by atoms with Crippen molar-refractivity contribution in [3.8, 4) is 6.07 Å². The molecule has 0 amide bonds. The van der Waals surface area contributed by atoms with Gasteiger partial charge in [0, 0.05) is 5.56 Å². The number of hydrogen-bond acceptors (Lipinski definition) is 3. The standard InChI is InChI=1S/C14H16N2O/c1-10-5-7-11(8-6-10)13(17)12(9-15)16-14(2,3)4/h5-8H,1-4H3. The Morgan fingerprint density at radius 1 is 1.24 bits per heavy atom. The van der Waals surface area contributed by atoms with Crippen molar-refractivity contribution in [2.24, 2.45) is 4.99 Å². The van der Waals surface area contributed by atoms with E-state index in [2.05, 4.69) is 4.99 Å². The van der Waals surface area contributed by atoms with Gasteiger partial charge in [-0.3, -0.25) is 9.79 Å². The Balaban J connectivity index is 3.08. The van der Waals surface area contributed by atoms with Crippen LogP contribution in [0.5, 0.6) is 0 Å². The number of aryl methyl sites for hydroxylation is 1. The average molecular weight is 228 g/mol. The van der Waals surface area contributed by atoms with E-state index in [0.717, 1.165) is 5.56 Å². The first-order chi connectivity index (χ1) is 7.83. The Labute approximate surface area is 102 Å². The molecule has 0 saturated carbocycles. The quantitative estimate of drug-likeness (QED) is 0.577. The van der Waals surface area contributed by atoms with Gasteiger partial charge in [0.15, 0.2) is 5.71 Å². The number of carbonyl (C=O) groups is 1. The molecule has 88 valence electrons. The predicted octanol–water partition coefficient (Wildman–Crippen LogP) is 2.94. The van der Waals surface area contributed by atoms with Crippen LogP contribution < -0.4 is 0 Å². The number of rotatable bonds is 2. The van der Waals surface area contributed by atoms with Crippen LogP contribution in [0.3, 0.4) is 0 Å². The minimum atomic E-state index is -0.425. The zero-order valence-electron chi connectivity index (χ0n) is 10.6. The molecule has 1 aromatic rings. The molecule has 0 fully saturated rings. The molecule has 3 nitrogen and oxygen atoms in total. The second kappa shape index (κ2) is 4.92. The van der Waals surface area contributed by atoms with Gasteiger partial charge in [-0.25, -0.2) is 0 Å². The predicted molar refractivity (Wildman–Crippen MR) is 68.3 cm³/mol. The lowest BCUT2D eigenvalue weighted by molar-refractivity contribution is 0.106. The summed E-state index contributed by atoms with van der Waals surface area (Å²) in [6.45, 7) is 7.51. The molecule has 0 N–H and O–H groups in total. The van der Waals surface area contributed by atoms with E-state index < -0.39 is 5.54 Å². The fourth-order valence-corrected chi connectivity index (χ4v) is 1.30. The van der Waals surface area contributed by atoms with Crippen molar-refractivity contribution in [3.63, 3.8) is 0 Å². The molecule has 1 aromatic carbocycles. The van der Waals surface area contributed by atoms with Gasteiger partial charge in [0.05, 0.1) is 5.54 Å². The van der Waals surface area contributed by atoms with Gasteiger partial charge >= 0.3 is 0 Å². The molecule has 0 bridgehead atoms. The summed E-state index contributed by atoms with van der Waals surface area (Å²) in [6.07, 6.45) is 0. The number of Topliss-reactive ketones (excluding diaryl/α,β-unsaturated/α-hetero) is 1. The van der Waals surface area contributed by atoms with Gasteiger partial charge in [0.25, 0.3) is 0 Å². The summed E-state index contributed by atoms with van der Waals surface area (Å²) in [5.74, 6) is -0.317. The number of aliphatic imine (C=N–C) groups is 1. The fraction of sp³-hybridized carbons (Fsp3) is 0.357. The van der Waals surface area contributed by atoms with Crippen LogP contribution in [0.4, 0.5) is 0 Å². The first-order valence-corrected chi connectivity index (χ1v) is 5.45. The second-order valence-corrected chi connectivity index (χ2v) is 4.94. The molecular formula is C14H16N2O. The first-order valence-electron chi connectivity index (χ1n) is 5.45. The summed E-state index contributed by atoms with van der Waals surface area (Å²) >= 11 is 0. The minimum absolute atomic E-state index is 0.0404.